The smallest absolute Gasteiger partial charge is 0.338 e. The maximum absolute atomic E-state index is 12.8. The summed E-state index contributed by atoms with van der Waals surface area (Å²) in [6.07, 6.45) is 4.39. The number of carbonyl (C=O) groups excluding carboxylic acids is 2. The van der Waals surface area contributed by atoms with Gasteiger partial charge in [0.05, 0.1) is 12.2 Å². The number of benzene rings is 3. The van der Waals surface area contributed by atoms with Crippen molar-refractivity contribution in [1.82, 2.24) is 0 Å². The molecule has 0 N–H and O–H groups in total. The van der Waals surface area contributed by atoms with Gasteiger partial charge in [-0.15, -0.1) is 0 Å². The van der Waals surface area contributed by atoms with E-state index < -0.39 is 0 Å². The zero-order chi connectivity index (χ0) is 22.1. The van der Waals surface area contributed by atoms with E-state index in [9.17, 15) is 9.59 Å². The van der Waals surface area contributed by atoms with E-state index in [-0.39, 0.29) is 11.8 Å². The minimum absolute atomic E-state index is 0.0162. The Morgan fingerprint density at radius 3 is 2.13 bits per heavy atom. The Labute approximate surface area is 185 Å². The lowest BCUT2D eigenvalue weighted by Gasteiger charge is -2.16. The molecule has 0 saturated heterocycles. The van der Waals surface area contributed by atoms with Crippen molar-refractivity contribution in [2.24, 2.45) is 5.92 Å². The largest absolute Gasteiger partial charge is 0.462 e. The SMILES string of the molecule is CCCCC(CC)COC(=O)c1ccccc1-c1ccc(C(=O)c2ccccc2)cc1. The van der Waals surface area contributed by atoms with Gasteiger partial charge in [-0.2, -0.15) is 0 Å². The van der Waals surface area contributed by atoms with Gasteiger partial charge < -0.3 is 4.74 Å². The Morgan fingerprint density at radius 2 is 1.45 bits per heavy atom. The second kappa shape index (κ2) is 11.3. The molecule has 1 unspecified atom stereocenters. The van der Waals surface area contributed by atoms with E-state index in [1.54, 1.807) is 6.07 Å². The molecule has 3 aromatic carbocycles. The van der Waals surface area contributed by atoms with Gasteiger partial charge in [0.2, 0.25) is 0 Å². The predicted molar refractivity (Wildman–Crippen MR) is 125 cm³/mol. The van der Waals surface area contributed by atoms with Crippen LogP contribution in [0.25, 0.3) is 11.1 Å². The zero-order valence-electron chi connectivity index (χ0n) is 18.3. The minimum Gasteiger partial charge on any atom is -0.462 e. The van der Waals surface area contributed by atoms with Gasteiger partial charge in [-0.25, -0.2) is 4.79 Å². The van der Waals surface area contributed by atoms with E-state index in [2.05, 4.69) is 13.8 Å². The van der Waals surface area contributed by atoms with Gasteiger partial charge in [0.15, 0.2) is 5.78 Å². The van der Waals surface area contributed by atoms with Gasteiger partial charge in [-0.05, 0) is 29.5 Å². The first-order valence-electron chi connectivity index (χ1n) is 11.1. The van der Waals surface area contributed by atoms with Crippen LogP contribution in [0.2, 0.25) is 0 Å². The molecule has 0 saturated carbocycles. The number of hydrogen-bond acceptors (Lipinski definition) is 3. The zero-order valence-corrected chi connectivity index (χ0v) is 18.3. The number of ether oxygens (including phenoxy) is 1. The Bertz CT molecular complexity index is 990. The normalized spacial score (nSPS) is 11.7. The molecule has 0 bridgehead atoms. The Hall–Kier alpha value is -3.20. The van der Waals surface area contributed by atoms with Crippen molar-refractivity contribution in [2.45, 2.75) is 39.5 Å². The fourth-order valence-corrected chi connectivity index (χ4v) is 3.64. The Balaban J connectivity index is 1.75. The summed E-state index contributed by atoms with van der Waals surface area (Å²) in [5.74, 6) is 0.0897. The van der Waals surface area contributed by atoms with Gasteiger partial charge in [-0.3, -0.25) is 4.79 Å². The number of ketones is 1. The second-order valence-electron chi connectivity index (χ2n) is 7.83. The second-order valence-corrected chi connectivity index (χ2v) is 7.83. The summed E-state index contributed by atoms with van der Waals surface area (Å²) >= 11 is 0. The molecule has 160 valence electrons. The first-order chi connectivity index (χ1) is 15.1. The molecule has 1 atom stereocenters. The molecule has 0 spiro atoms. The lowest BCUT2D eigenvalue weighted by molar-refractivity contribution is 0.0429. The summed E-state index contributed by atoms with van der Waals surface area (Å²) in [7, 11) is 0. The van der Waals surface area contributed by atoms with Crippen LogP contribution in [-0.4, -0.2) is 18.4 Å². The quantitative estimate of drug-likeness (QED) is 0.266. The van der Waals surface area contributed by atoms with Gasteiger partial charge >= 0.3 is 5.97 Å². The number of hydrogen-bond donors (Lipinski definition) is 0. The highest BCUT2D eigenvalue weighted by Crippen LogP contribution is 2.26. The van der Waals surface area contributed by atoms with Crippen molar-refractivity contribution in [3.8, 4) is 11.1 Å². The van der Waals surface area contributed by atoms with E-state index in [0.717, 1.165) is 36.8 Å². The van der Waals surface area contributed by atoms with Crippen LogP contribution in [0.15, 0.2) is 78.9 Å². The molecule has 0 aliphatic carbocycles. The molecule has 3 aromatic rings. The van der Waals surface area contributed by atoms with Crippen molar-refractivity contribution < 1.29 is 14.3 Å². The van der Waals surface area contributed by atoms with Crippen LogP contribution in [0.5, 0.6) is 0 Å². The number of rotatable bonds is 10. The highest BCUT2D eigenvalue weighted by atomic mass is 16.5. The third-order valence-corrected chi connectivity index (χ3v) is 5.63. The van der Waals surface area contributed by atoms with Gasteiger partial charge in [0, 0.05) is 11.1 Å². The van der Waals surface area contributed by atoms with E-state index in [1.165, 1.54) is 0 Å². The van der Waals surface area contributed by atoms with Crippen molar-refractivity contribution in [1.29, 1.82) is 0 Å². The lowest BCUT2D eigenvalue weighted by atomic mass is 9.96. The maximum Gasteiger partial charge on any atom is 0.338 e. The third kappa shape index (κ3) is 5.91. The van der Waals surface area contributed by atoms with E-state index >= 15 is 0 Å². The molecule has 0 amide bonds. The molecule has 31 heavy (non-hydrogen) atoms. The molecule has 0 aromatic heterocycles. The molecule has 0 aliphatic heterocycles. The summed E-state index contributed by atoms with van der Waals surface area (Å²) in [6, 6.07) is 24.1. The van der Waals surface area contributed by atoms with Crippen LogP contribution in [-0.2, 0) is 4.74 Å². The molecule has 3 rings (SSSR count). The molecule has 0 radical (unpaired) electrons. The highest BCUT2D eigenvalue weighted by Gasteiger charge is 2.16. The predicted octanol–water partition coefficient (Wildman–Crippen LogP) is 6.96. The van der Waals surface area contributed by atoms with Crippen molar-refractivity contribution in [3.63, 3.8) is 0 Å². The Morgan fingerprint density at radius 1 is 0.806 bits per heavy atom. The van der Waals surface area contributed by atoms with Crippen molar-refractivity contribution in [3.05, 3.63) is 95.6 Å². The maximum atomic E-state index is 12.8. The van der Waals surface area contributed by atoms with Gasteiger partial charge in [-0.1, -0.05) is 106 Å². The molecule has 0 aliphatic rings. The van der Waals surface area contributed by atoms with E-state index in [4.69, 9.17) is 4.74 Å². The minimum atomic E-state index is -0.296. The lowest BCUT2D eigenvalue weighted by Crippen LogP contribution is -2.14. The average molecular weight is 415 g/mol. The number of carbonyl (C=O) groups is 2. The first kappa shape index (κ1) is 22.5. The van der Waals surface area contributed by atoms with Crippen LogP contribution in [0, 0.1) is 5.92 Å². The van der Waals surface area contributed by atoms with Crippen LogP contribution >= 0.6 is 0 Å². The summed E-state index contributed by atoms with van der Waals surface area (Å²) in [5, 5.41) is 0. The molecular weight excluding hydrogens is 384 g/mol. The summed E-state index contributed by atoms with van der Waals surface area (Å²) in [6.45, 7) is 4.77. The average Bonchev–Trinajstić information content (AvgIpc) is 2.84. The summed E-state index contributed by atoms with van der Waals surface area (Å²) in [5.41, 5.74) is 3.53. The molecule has 0 heterocycles. The topological polar surface area (TPSA) is 43.4 Å². The molecule has 3 nitrogen and oxygen atoms in total. The van der Waals surface area contributed by atoms with Crippen LogP contribution < -0.4 is 0 Å². The van der Waals surface area contributed by atoms with Crippen LogP contribution in [0.4, 0.5) is 0 Å². The standard InChI is InChI=1S/C28H30O3/c1-3-5-11-21(4-2)20-31-28(30)26-15-10-9-14-25(26)22-16-18-24(19-17-22)27(29)23-12-7-6-8-13-23/h6-10,12-19,21H,3-5,11,20H2,1-2H3. The van der Waals surface area contributed by atoms with Crippen molar-refractivity contribution in [2.75, 3.05) is 6.61 Å². The molecule has 3 heteroatoms. The number of unbranched alkanes of at least 4 members (excludes halogenated alkanes) is 1. The molecular formula is C28H30O3. The molecule has 0 fully saturated rings. The number of esters is 1. The van der Waals surface area contributed by atoms with E-state index in [0.29, 0.717) is 29.2 Å². The Kier molecular flexibility index (Phi) is 8.17. The fourth-order valence-electron chi connectivity index (χ4n) is 3.64. The van der Waals surface area contributed by atoms with Gasteiger partial charge in [0.1, 0.15) is 0 Å². The van der Waals surface area contributed by atoms with E-state index in [1.807, 2.05) is 72.8 Å². The monoisotopic (exact) mass is 414 g/mol. The summed E-state index contributed by atoms with van der Waals surface area (Å²) < 4.78 is 5.67. The van der Waals surface area contributed by atoms with Crippen molar-refractivity contribution >= 4 is 11.8 Å². The van der Waals surface area contributed by atoms with Crippen LogP contribution in [0.1, 0.15) is 65.8 Å². The van der Waals surface area contributed by atoms with Crippen LogP contribution in [0.3, 0.4) is 0 Å². The highest BCUT2D eigenvalue weighted by molar-refractivity contribution is 6.09. The fraction of sp³-hybridized carbons (Fsp3) is 0.286. The first-order valence-corrected chi connectivity index (χ1v) is 11.1. The third-order valence-electron chi connectivity index (χ3n) is 5.63. The van der Waals surface area contributed by atoms with Gasteiger partial charge in [0.25, 0.3) is 0 Å². The summed E-state index contributed by atoms with van der Waals surface area (Å²) in [4.78, 5) is 25.5.